The topological polar surface area (TPSA) is 62.1 Å². The number of nitrogens with zero attached hydrogens (tertiary/aromatic N) is 4. The van der Waals surface area contributed by atoms with Crippen LogP contribution in [-0.4, -0.2) is 34.0 Å². The summed E-state index contributed by atoms with van der Waals surface area (Å²) < 4.78 is 12.9. The Balaban J connectivity index is 1.78. The molecule has 0 spiro atoms. The average Bonchev–Trinajstić information content (AvgIpc) is 3.22. The molecule has 0 fully saturated rings. The molecule has 0 saturated heterocycles. The summed E-state index contributed by atoms with van der Waals surface area (Å²) >= 11 is 1.59. The Morgan fingerprint density at radius 2 is 1.59 bits per heavy atom. The molecule has 2 heterocycles. The van der Waals surface area contributed by atoms with Gasteiger partial charge in [0, 0.05) is 29.3 Å². The summed E-state index contributed by atoms with van der Waals surface area (Å²) in [5.74, 6) is 2.82. The van der Waals surface area contributed by atoms with Crippen molar-refractivity contribution >= 4 is 11.8 Å². The second kappa shape index (κ2) is 8.79. The number of benzene rings is 2. The first-order valence-corrected chi connectivity index (χ1v) is 10.0. The number of thioether (sulfide) groups is 1. The van der Waals surface area contributed by atoms with Crippen LogP contribution in [0.1, 0.15) is 5.69 Å². The van der Waals surface area contributed by atoms with Crippen LogP contribution in [0.3, 0.4) is 0 Å². The van der Waals surface area contributed by atoms with Crippen LogP contribution in [0.25, 0.3) is 17.1 Å². The highest BCUT2D eigenvalue weighted by Crippen LogP contribution is 2.33. The Bertz CT molecular complexity index is 1060. The van der Waals surface area contributed by atoms with Crippen LogP contribution in [0.2, 0.25) is 0 Å². The molecular weight excluding hydrogens is 384 g/mol. The van der Waals surface area contributed by atoms with Crippen LogP contribution in [0.5, 0.6) is 11.5 Å². The van der Waals surface area contributed by atoms with E-state index in [1.54, 1.807) is 32.2 Å². The Labute approximate surface area is 173 Å². The summed E-state index contributed by atoms with van der Waals surface area (Å²) in [6, 6.07) is 21.7. The Morgan fingerprint density at radius 3 is 2.24 bits per heavy atom. The quantitative estimate of drug-likeness (QED) is 0.418. The summed E-state index contributed by atoms with van der Waals surface area (Å²) in [7, 11) is 3.27. The maximum absolute atomic E-state index is 5.43. The number of methoxy groups -OCH3 is 2. The number of hydrogen-bond acceptors (Lipinski definition) is 6. The zero-order chi connectivity index (χ0) is 20.1. The minimum atomic E-state index is 0.699. The van der Waals surface area contributed by atoms with E-state index in [4.69, 9.17) is 9.47 Å². The number of ether oxygens (including phenoxy) is 2. The SMILES string of the molecule is COc1cc(OC)cc(-c2nnc(SCc3ccccn3)n2-c2ccccc2)c1. The molecule has 29 heavy (non-hydrogen) atoms. The van der Waals surface area contributed by atoms with Crippen LogP contribution in [0.15, 0.2) is 78.1 Å². The van der Waals surface area contributed by atoms with Crippen molar-refractivity contribution in [2.45, 2.75) is 10.9 Å². The first kappa shape index (κ1) is 19.0. The molecule has 0 N–H and O–H groups in total. The summed E-state index contributed by atoms with van der Waals surface area (Å²) in [6.45, 7) is 0. The minimum absolute atomic E-state index is 0.699. The van der Waals surface area contributed by atoms with Gasteiger partial charge in [0.2, 0.25) is 0 Å². The van der Waals surface area contributed by atoms with E-state index in [1.807, 2.05) is 71.3 Å². The van der Waals surface area contributed by atoms with Gasteiger partial charge in [-0.05, 0) is 36.4 Å². The number of rotatable bonds is 7. The molecule has 7 heteroatoms. The van der Waals surface area contributed by atoms with Crippen molar-refractivity contribution in [2.75, 3.05) is 14.2 Å². The van der Waals surface area contributed by atoms with Crippen molar-refractivity contribution in [3.05, 3.63) is 78.6 Å². The second-order valence-electron chi connectivity index (χ2n) is 6.19. The van der Waals surface area contributed by atoms with E-state index < -0.39 is 0 Å². The molecule has 2 aromatic heterocycles. The normalized spacial score (nSPS) is 10.7. The van der Waals surface area contributed by atoms with Gasteiger partial charge < -0.3 is 9.47 Å². The largest absolute Gasteiger partial charge is 0.497 e. The van der Waals surface area contributed by atoms with E-state index in [-0.39, 0.29) is 0 Å². The third-order valence-electron chi connectivity index (χ3n) is 4.33. The average molecular weight is 404 g/mol. The summed E-state index contributed by atoms with van der Waals surface area (Å²) in [6.07, 6.45) is 1.80. The van der Waals surface area contributed by atoms with Gasteiger partial charge in [-0.15, -0.1) is 10.2 Å². The molecule has 0 aliphatic heterocycles. The van der Waals surface area contributed by atoms with Gasteiger partial charge in [0.05, 0.1) is 19.9 Å². The van der Waals surface area contributed by atoms with Crippen molar-refractivity contribution < 1.29 is 9.47 Å². The van der Waals surface area contributed by atoms with E-state index in [1.165, 1.54) is 0 Å². The fraction of sp³-hybridized carbons (Fsp3) is 0.136. The molecule has 0 radical (unpaired) electrons. The number of pyridine rings is 1. The first-order valence-electron chi connectivity index (χ1n) is 9.05. The summed E-state index contributed by atoms with van der Waals surface area (Å²) in [5.41, 5.74) is 2.84. The zero-order valence-corrected chi connectivity index (χ0v) is 17.0. The van der Waals surface area contributed by atoms with Crippen molar-refractivity contribution in [3.63, 3.8) is 0 Å². The highest BCUT2D eigenvalue weighted by Gasteiger charge is 2.18. The highest BCUT2D eigenvalue weighted by molar-refractivity contribution is 7.98. The predicted octanol–water partition coefficient (Wildman–Crippen LogP) is 4.64. The Hall–Kier alpha value is -3.32. The van der Waals surface area contributed by atoms with Gasteiger partial charge in [-0.1, -0.05) is 36.0 Å². The van der Waals surface area contributed by atoms with Crippen LogP contribution in [0.4, 0.5) is 0 Å². The third-order valence-corrected chi connectivity index (χ3v) is 5.30. The van der Waals surface area contributed by atoms with E-state index in [0.29, 0.717) is 17.3 Å². The lowest BCUT2D eigenvalue weighted by Crippen LogP contribution is -2.00. The molecule has 0 bridgehead atoms. The fourth-order valence-electron chi connectivity index (χ4n) is 2.92. The predicted molar refractivity (Wildman–Crippen MR) is 114 cm³/mol. The molecule has 4 aromatic rings. The number of para-hydroxylation sites is 1. The molecule has 146 valence electrons. The lowest BCUT2D eigenvalue weighted by molar-refractivity contribution is 0.394. The van der Waals surface area contributed by atoms with E-state index in [0.717, 1.165) is 27.9 Å². The summed E-state index contributed by atoms with van der Waals surface area (Å²) in [4.78, 5) is 4.40. The molecule has 0 saturated carbocycles. The van der Waals surface area contributed by atoms with Crippen molar-refractivity contribution in [1.82, 2.24) is 19.7 Å². The number of aromatic nitrogens is 4. The van der Waals surface area contributed by atoms with Crippen molar-refractivity contribution in [1.29, 1.82) is 0 Å². The lowest BCUT2D eigenvalue weighted by Gasteiger charge is -2.12. The van der Waals surface area contributed by atoms with E-state index in [9.17, 15) is 0 Å². The van der Waals surface area contributed by atoms with Crippen LogP contribution in [0, 0.1) is 0 Å². The molecular formula is C22H20N4O2S. The van der Waals surface area contributed by atoms with Crippen LogP contribution < -0.4 is 9.47 Å². The highest BCUT2D eigenvalue weighted by atomic mass is 32.2. The molecule has 0 amide bonds. The molecule has 4 rings (SSSR count). The first-order chi connectivity index (χ1) is 14.3. The van der Waals surface area contributed by atoms with Crippen molar-refractivity contribution in [3.8, 4) is 28.6 Å². The lowest BCUT2D eigenvalue weighted by atomic mass is 10.2. The number of hydrogen-bond donors (Lipinski definition) is 0. The zero-order valence-electron chi connectivity index (χ0n) is 16.1. The minimum Gasteiger partial charge on any atom is -0.497 e. The standard InChI is InChI=1S/C22H20N4O2S/c1-27-19-12-16(13-20(14-19)28-2)21-24-25-22(26(21)18-9-4-3-5-10-18)29-15-17-8-6-7-11-23-17/h3-14H,15H2,1-2H3. The molecule has 0 unspecified atom stereocenters. The molecule has 2 aromatic carbocycles. The van der Waals surface area contributed by atoms with Crippen molar-refractivity contribution in [2.24, 2.45) is 0 Å². The van der Waals surface area contributed by atoms with Crippen LogP contribution >= 0.6 is 11.8 Å². The fourth-order valence-corrected chi connectivity index (χ4v) is 3.79. The molecule has 0 aliphatic rings. The maximum atomic E-state index is 5.43. The van der Waals surface area contributed by atoms with Gasteiger partial charge in [-0.25, -0.2) is 0 Å². The van der Waals surface area contributed by atoms with Gasteiger partial charge >= 0.3 is 0 Å². The van der Waals surface area contributed by atoms with E-state index >= 15 is 0 Å². The van der Waals surface area contributed by atoms with Gasteiger partial charge in [0.1, 0.15) is 11.5 Å². The maximum Gasteiger partial charge on any atom is 0.196 e. The smallest absolute Gasteiger partial charge is 0.196 e. The van der Waals surface area contributed by atoms with Gasteiger partial charge in [0.25, 0.3) is 0 Å². The third kappa shape index (κ3) is 4.25. The molecule has 6 nitrogen and oxygen atoms in total. The molecule has 0 aliphatic carbocycles. The van der Waals surface area contributed by atoms with Gasteiger partial charge in [0.15, 0.2) is 11.0 Å². The second-order valence-corrected chi connectivity index (χ2v) is 7.13. The Kier molecular flexibility index (Phi) is 5.76. The van der Waals surface area contributed by atoms with Crippen LogP contribution in [-0.2, 0) is 5.75 Å². The Morgan fingerprint density at radius 1 is 0.862 bits per heavy atom. The van der Waals surface area contributed by atoms with Gasteiger partial charge in [-0.3, -0.25) is 9.55 Å². The molecule has 0 atom stereocenters. The van der Waals surface area contributed by atoms with E-state index in [2.05, 4.69) is 15.2 Å². The monoisotopic (exact) mass is 404 g/mol. The van der Waals surface area contributed by atoms with Gasteiger partial charge in [-0.2, -0.15) is 0 Å². The summed E-state index contributed by atoms with van der Waals surface area (Å²) in [5, 5.41) is 9.74.